The van der Waals surface area contributed by atoms with E-state index in [1.165, 1.54) is 0 Å². The summed E-state index contributed by atoms with van der Waals surface area (Å²) in [7, 11) is 0. The highest BCUT2D eigenvalue weighted by molar-refractivity contribution is 5.47. The summed E-state index contributed by atoms with van der Waals surface area (Å²) < 4.78 is 0. The van der Waals surface area contributed by atoms with Gasteiger partial charge < -0.3 is 10.6 Å². The number of nitrogens with zero attached hydrogens (tertiary/aromatic N) is 2. The molecule has 1 heterocycles. The molecule has 4 heteroatoms. The second-order valence-electron chi connectivity index (χ2n) is 4.53. The van der Waals surface area contributed by atoms with Gasteiger partial charge in [0.1, 0.15) is 17.5 Å². The first-order valence-corrected chi connectivity index (χ1v) is 6.54. The van der Waals surface area contributed by atoms with Gasteiger partial charge in [0.2, 0.25) is 0 Å². The van der Waals surface area contributed by atoms with Crippen LogP contribution < -0.4 is 10.6 Å². The van der Waals surface area contributed by atoms with E-state index in [0.29, 0.717) is 6.04 Å². The Morgan fingerprint density at radius 2 is 1.82 bits per heavy atom. The van der Waals surface area contributed by atoms with Gasteiger partial charge in [-0.25, -0.2) is 9.97 Å². The second kappa shape index (κ2) is 7.09. The maximum atomic E-state index is 4.51. The monoisotopic (exact) mass is 236 g/mol. The van der Waals surface area contributed by atoms with Crippen LogP contribution in [0.15, 0.2) is 6.07 Å². The van der Waals surface area contributed by atoms with Crippen molar-refractivity contribution in [2.24, 2.45) is 0 Å². The van der Waals surface area contributed by atoms with Gasteiger partial charge in [-0.1, -0.05) is 13.8 Å². The largest absolute Gasteiger partial charge is 0.370 e. The van der Waals surface area contributed by atoms with Crippen LogP contribution in [0.2, 0.25) is 0 Å². The van der Waals surface area contributed by atoms with Crippen molar-refractivity contribution in [2.75, 3.05) is 17.2 Å². The summed E-state index contributed by atoms with van der Waals surface area (Å²) in [5, 5.41) is 6.64. The molecule has 0 aromatic carbocycles. The molecule has 0 saturated carbocycles. The maximum Gasteiger partial charge on any atom is 0.133 e. The van der Waals surface area contributed by atoms with Gasteiger partial charge in [0.15, 0.2) is 0 Å². The first-order valence-electron chi connectivity index (χ1n) is 6.54. The average Bonchev–Trinajstić information content (AvgIpc) is 2.25. The summed E-state index contributed by atoms with van der Waals surface area (Å²) in [6.45, 7) is 9.46. The highest BCUT2D eigenvalue weighted by Crippen LogP contribution is 2.13. The predicted octanol–water partition coefficient (Wildman–Crippen LogP) is 3.07. The van der Waals surface area contributed by atoms with E-state index in [1.54, 1.807) is 0 Å². The third-order valence-electron chi connectivity index (χ3n) is 2.24. The van der Waals surface area contributed by atoms with E-state index in [2.05, 4.69) is 48.3 Å². The molecule has 17 heavy (non-hydrogen) atoms. The van der Waals surface area contributed by atoms with Crippen LogP contribution >= 0.6 is 0 Å². The topological polar surface area (TPSA) is 49.8 Å². The van der Waals surface area contributed by atoms with E-state index in [1.807, 2.05) is 6.07 Å². The Labute approximate surface area is 104 Å². The van der Waals surface area contributed by atoms with Gasteiger partial charge in [0.25, 0.3) is 0 Å². The van der Waals surface area contributed by atoms with Gasteiger partial charge in [0.05, 0.1) is 0 Å². The van der Waals surface area contributed by atoms with Crippen LogP contribution in [0, 0.1) is 0 Å². The molecule has 2 N–H and O–H groups in total. The van der Waals surface area contributed by atoms with E-state index in [-0.39, 0.29) is 0 Å². The molecular weight excluding hydrogens is 212 g/mol. The van der Waals surface area contributed by atoms with Crippen LogP contribution in [0.25, 0.3) is 0 Å². The quantitative estimate of drug-likeness (QED) is 0.764. The molecule has 0 aliphatic carbocycles. The number of hydrogen-bond acceptors (Lipinski definition) is 4. The molecule has 4 nitrogen and oxygen atoms in total. The smallest absolute Gasteiger partial charge is 0.133 e. The van der Waals surface area contributed by atoms with Gasteiger partial charge in [0, 0.05) is 25.1 Å². The lowest BCUT2D eigenvalue weighted by Gasteiger charge is -2.12. The summed E-state index contributed by atoms with van der Waals surface area (Å²) >= 11 is 0. The number of anilines is 2. The number of hydrogen-bond donors (Lipinski definition) is 2. The molecule has 0 amide bonds. The lowest BCUT2D eigenvalue weighted by atomic mass is 10.3. The van der Waals surface area contributed by atoms with E-state index in [4.69, 9.17) is 0 Å². The van der Waals surface area contributed by atoms with E-state index in [9.17, 15) is 0 Å². The van der Waals surface area contributed by atoms with Crippen molar-refractivity contribution in [3.8, 4) is 0 Å². The van der Waals surface area contributed by atoms with Crippen LogP contribution in [0.3, 0.4) is 0 Å². The molecule has 0 aliphatic heterocycles. The van der Waals surface area contributed by atoms with Crippen molar-refractivity contribution in [2.45, 2.75) is 53.0 Å². The molecular formula is C13H24N4. The van der Waals surface area contributed by atoms with Crippen LogP contribution in [-0.2, 0) is 6.42 Å². The summed E-state index contributed by atoms with van der Waals surface area (Å²) in [5.74, 6) is 2.75. The van der Waals surface area contributed by atoms with Crippen molar-refractivity contribution in [1.82, 2.24) is 9.97 Å². The molecule has 0 bridgehead atoms. The van der Waals surface area contributed by atoms with Gasteiger partial charge >= 0.3 is 0 Å². The average molecular weight is 236 g/mol. The van der Waals surface area contributed by atoms with Gasteiger partial charge in [-0.05, 0) is 26.7 Å². The Bertz CT molecular complexity index is 336. The molecule has 0 unspecified atom stereocenters. The van der Waals surface area contributed by atoms with Crippen molar-refractivity contribution in [3.05, 3.63) is 11.9 Å². The SMILES string of the molecule is CCCNc1cc(NC(C)C)nc(CCC)n1. The number of aryl methyl sites for hydroxylation is 1. The number of rotatable bonds is 7. The molecule has 96 valence electrons. The van der Waals surface area contributed by atoms with E-state index >= 15 is 0 Å². The number of nitrogens with one attached hydrogen (secondary N) is 2. The third-order valence-corrected chi connectivity index (χ3v) is 2.24. The van der Waals surface area contributed by atoms with Crippen molar-refractivity contribution >= 4 is 11.6 Å². The molecule has 1 rings (SSSR count). The van der Waals surface area contributed by atoms with E-state index < -0.39 is 0 Å². The summed E-state index contributed by atoms with van der Waals surface area (Å²) in [4.78, 5) is 9.01. The fourth-order valence-electron chi connectivity index (χ4n) is 1.55. The molecule has 0 spiro atoms. The van der Waals surface area contributed by atoms with Crippen molar-refractivity contribution in [1.29, 1.82) is 0 Å². The van der Waals surface area contributed by atoms with Crippen LogP contribution in [-0.4, -0.2) is 22.6 Å². The zero-order valence-electron chi connectivity index (χ0n) is 11.4. The van der Waals surface area contributed by atoms with Crippen LogP contribution in [0.5, 0.6) is 0 Å². The zero-order valence-corrected chi connectivity index (χ0v) is 11.4. The minimum Gasteiger partial charge on any atom is -0.370 e. The molecule has 1 aromatic rings. The third kappa shape index (κ3) is 5.02. The molecule has 0 radical (unpaired) electrons. The van der Waals surface area contributed by atoms with Gasteiger partial charge in [-0.15, -0.1) is 0 Å². The van der Waals surface area contributed by atoms with Gasteiger partial charge in [-0.2, -0.15) is 0 Å². The summed E-state index contributed by atoms with van der Waals surface area (Å²) in [6.07, 6.45) is 3.09. The Morgan fingerprint density at radius 1 is 1.12 bits per heavy atom. The Morgan fingerprint density at radius 3 is 2.41 bits per heavy atom. The lowest BCUT2D eigenvalue weighted by molar-refractivity contribution is 0.820. The van der Waals surface area contributed by atoms with Crippen LogP contribution in [0.4, 0.5) is 11.6 Å². The molecule has 1 aromatic heterocycles. The minimum atomic E-state index is 0.387. The molecule has 0 atom stereocenters. The molecule has 0 saturated heterocycles. The van der Waals surface area contributed by atoms with Gasteiger partial charge in [-0.3, -0.25) is 0 Å². The second-order valence-corrected chi connectivity index (χ2v) is 4.53. The van der Waals surface area contributed by atoms with Crippen molar-refractivity contribution in [3.63, 3.8) is 0 Å². The normalized spacial score (nSPS) is 10.6. The molecule has 0 fully saturated rings. The first kappa shape index (κ1) is 13.7. The highest BCUT2D eigenvalue weighted by atomic mass is 15.1. The highest BCUT2D eigenvalue weighted by Gasteiger charge is 2.04. The lowest BCUT2D eigenvalue weighted by Crippen LogP contribution is -2.13. The standard InChI is InChI=1S/C13H24N4/c1-5-7-11-16-12(14-8-6-2)9-13(17-11)15-10(3)4/h9-10H,5-8H2,1-4H3,(H2,14,15,16,17). The maximum absolute atomic E-state index is 4.51. The Hall–Kier alpha value is -1.32. The number of aromatic nitrogens is 2. The van der Waals surface area contributed by atoms with E-state index in [0.717, 1.165) is 43.3 Å². The predicted molar refractivity (Wildman–Crippen MR) is 73.6 cm³/mol. The van der Waals surface area contributed by atoms with Crippen molar-refractivity contribution < 1.29 is 0 Å². The Kier molecular flexibility index (Phi) is 5.73. The minimum absolute atomic E-state index is 0.387. The first-order chi connectivity index (χ1) is 8.15. The molecule has 0 aliphatic rings. The Balaban J connectivity index is 2.84. The fraction of sp³-hybridized carbons (Fsp3) is 0.692. The summed E-state index contributed by atoms with van der Waals surface area (Å²) in [6, 6.07) is 2.37. The fourth-order valence-corrected chi connectivity index (χ4v) is 1.55. The van der Waals surface area contributed by atoms with Crippen LogP contribution in [0.1, 0.15) is 46.4 Å². The summed E-state index contributed by atoms with van der Waals surface area (Å²) in [5.41, 5.74) is 0. The zero-order chi connectivity index (χ0) is 12.7.